The summed E-state index contributed by atoms with van der Waals surface area (Å²) in [5.41, 5.74) is 0. The Morgan fingerprint density at radius 3 is 2.15 bits per heavy atom. The monoisotopic (exact) mass is 242 g/mol. The highest BCUT2D eigenvalue weighted by molar-refractivity contribution is 8.22. The summed E-state index contributed by atoms with van der Waals surface area (Å²) in [6.07, 6.45) is 2.73. The van der Waals surface area contributed by atoms with Crippen LogP contribution in [-0.4, -0.2) is 35.9 Å². The highest BCUT2D eigenvalue weighted by atomic mass is 32.3. The molecule has 0 aliphatic heterocycles. The topological polar surface area (TPSA) is 51.2 Å². The lowest BCUT2D eigenvalue weighted by Crippen LogP contribution is -2.37. The molecular weight excluding hydrogens is 228 g/mol. The Hall–Kier alpha value is 0.320. The lowest BCUT2D eigenvalue weighted by Gasteiger charge is -2.22. The number of hydrogen-bond acceptors (Lipinski definition) is 5. The third kappa shape index (κ3) is 2.89. The van der Waals surface area contributed by atoms with Crippen molar-refractivity contribution in [1.82, 2.24) is 0 Å². The molecule has 1 unspecified atom stereocenters. The summed E-state index contributed by atoms with van der Waals surface area (Å²) in [6.45, 7) is 3.28. The molecule has 0 aromatic heterocycles. The number of rotatable bonds is 4. The normalized spacial score (nSPS) is 16.6. The quantitative estimate of drug-likeness (QED) is 0.745. The van der Waals surface area contributed by atoms with Gasteiger partial charge in [0, 0.05) is 6.26 Å². The Labute approximate surface area is 88.0 Å². The van der Waals surface area contributed by atoms with Crippen LogP contribution in [0.2, 0.25) is 0 Å². The zero-order valence-corrected chi connectivity index (χ0v) is 10.6. The molecule has 78 valence electrons. The van der Waals surface area contributed by atoms with E-state index in [1.807, 2.05) is 6.92 Å². The van der Waals surface area contributed by atoms with Crippen molar-refractivity contribution in [3.05, 3.63) is 0 Å². The van der Waals surface area contributed by atoms with Crippen molar-refractivity contribution in [1.29, 1.82) is 0 Å². The summed E-state index contributed by atoms with van der Waals surface area (Å²) in [6, 6.07) is 0. The molecule has 3 nitrogen and oxygen atoms in total. The fourth-order valence-corrected chi connectivity index (χ4v) is 3.91. The fraction of sp³-hybridized carbons (Fsp3) is 0.857. The van der Waals surface area contributed by atoms with Crippen molar-refractivity contribution < 1.29 is 13.2 Å². The lowest BCUT2D eigenvalue weighted by molar-refractivity contribution is -0.111. The van der Waals surface area contributed by atoms with Gasteiger partial charge in [-0.2, -0.15) is 0 Å². The van der Waals surface area contributed by atoms with Gasteiger partial charge in [0.15, 0.2) is 13.9 Å². The van der Waals surface area contributed by atoms with Crippen LogP contribution in [0.3, 0.4) is 0 Å². The van der Waals surface area contributed by atoms with Gasteiger partial charge in [-0.25, -0.2) is 8.42 Å². The summed E-state index contributed by atoms with van der Waals surface area (Å²) >= 11 is 2.12. The number of sulfone groups is 1. The van der Waals surface area contributed by atoms with Gasteiger partial charge in [-0.15, -0.1) is 11.8 Å². The van der Waals surface area contributed by atoms with Gasteiger partial charge < -0.3 is 0 Å². The molecule has 0 heterocycles. The molecule has 0 aliphatic carbocycles. The molecular formula is C7H14O3S3. The number of carbonyl (C=O) groups excluding carboxylic acids is 1. The van der Waals surface area contributed by atoms with E-state index in [2.05, 4.69) is 0 Å². The van der Waals surface area contributed by atoms with Crippen molar-refractivity contribution in [3.63, 3.8) is 0 Å². The van der Waals surface area contributed by atoms with E-state index in [0.717, 1.165) is 29.8 Å². The average molecular weight is 242 g/mol. The van der Waals surface area contributed by atoms with Gasteiger partial charge in [0.25, 0.3) is 0 Å². The molecule has 0 radical (unpaired) electrons. The molecule has 0 aromatic carbocycles. The SMILES string of the molecule is CCSC(=O)C(C)(SC)S(C)(=O)=O. The van der Waals surface area contributed by atoms with Crippen LogP contribution in [0.5, 0.6) is 0 Å². The van der Waals surface area contributed by atoms with Crippen molar-refractivity contribution in [2.75, 3.05) is 18.3 Å². The van der Waals surface area contributed by atoms with E-state index in [-0.39, 0.29) is 5.12 Å². The molecule has 0 aliphatic rings. The minimum Gasteiger partial charge on any atom is -0.284 e. The summed E-state index contributed by atoms with van der Waals surface area (Å²) in [7, 11) is -3.34. The third-order valence-corrected chi connectivity index (χ3v) is 6.93. The molecule has 0 amide bonds. The van der Waals surface area contributed by atoms with Crippen LogP contribution in [0.25, 0.3) is 0 Å². The molecule has 0 aromatic rings. The van der Waals surface area contributed by atoms with E-state index >= 15 is 0 Å². The highest BCUT2D eigenvalue weighted by Crippen LogP contribution is 2.33. The Morgan fingerprint density at radius 2 is 1.92 bits per heavy atom. The van der Waals surface area contributed by atoms with Crippen LogP contribution in [-0.2, 0) is 14.6 Å². The molecule has 0 saturated heterocycles. The Balaban J connectivity index is 4.96. The zero-order valence-electron chi connectivity index (χ0n) is 8.16. The first kappa shape index (κ1) is 13.3. The van der Waals surface area contributed by atoms with Crippen LogP contribution in [0.4, 0.5) is 0 Å². The minimum absolute atomic E-state index is 0.287. The maximum Gasteiger partial charge on any atom is 0.219 e. The Bertz CT molecular complexity index is 283. The average Bonchev–Trinajstić information content (AvgIpc) is 2.01. The summed E-state index contributed by atoms with van der Waals surface area (Å²) in [5, 5.41) is -0.287. The van der Waals surface area contributed by atoms with Gasteiger partial charge in [0.1, 0.15) is 0 Å². The molecule has 0 N–H and O–H groups in total. The highest BCUT2D eigenvalue weighted by Gasteiger charge is 2.42. The number of thioether (sulfide) groups is 2. The van der Waals surface area contributed by atoms with Gasteiger partial charge in [-0.3, -0.25) is 4.79 Å². The first-order valence-corrected chi connectivity index (χ1v) is 7.81. The first-order chi connectivity index (χ1) is 5.79. The molecule has 0 bridgehead atoms. The van der Waals surface area contributed by atoms with E-state index in [1.165, 1.54) is 6.92 Å². The number of hydrogen-bond donors (Lipinski definition) is 0. The molecule has 0 spiro atoms. The van der Waals surface area contributed by atoms with Crippen LogP contribution < -0.4 is 0 Å². The molecule has 0 saturated carbocycles. The van der Waals surface area contributed by atoms with Gasteiger partial charge in [-0.1, -0.05) is 18.7 Å². The van der Waals surface area contributed by atoms with Gasteiger partial charge in [0.05, 0.1) is 0 Å². The van der Waals surface area contributed by atoms with Gasteiger partial charge in [-0.05, 0) is 18.9 Å². The van der Waals surface area contributed by atoms with E-state index in [9.17, 15) is 13.2 Å². The molecule has 0 fully saturated rings. The lowest BCUT2D eigenvalue weighted by atomic mass is 10.5. The molecule has 6 heteroatoms. The molecule has 0 rings (SSSR count). The first-order valence-electron chi connectivity index (χ1n) is 3.71. The van der Waals surface area contributed by atoms with Crippen molar-refractivity contribution in [3.8, 4) is 0 Å². The maximum atomic E-state index is 11.5. The van der Waals surface area contributed by atoms with E-state index in [0.29, 0.717) is 5.75 Å². The Morgan fingerprint density at radius 1 is 1.46 bits per heavy atom. The van der Waals surface area contributed by atoms with Crippen LogP contribution in [0.1, 0.15) is 13.8 Å². The van der Waals surface area contributed by atoms with E-state index in [4.69, 9.17) is 0 Å². The maximum absolute atomic E-state index is 11.5. The summed E-state index contributed by atoms with van der Waals surface area (Å²) < 4.78 is 21.4. The smallest absolute Gasteiger partial charge is 0.219 e. The summed E-state index contributed by atoms with van der Waals surface area (Å²) in [4.78, 5) is 11.5. The van der Waals surface area contributed by atoms with Crippen molar-refractivity contribution in [2.24, 2.45) is 0 Å². The van der Waals surface area contributed by atoms with E-state index in [1.54, 1.807) is 6.26 Å². The predicted octanol–water partition coefficient (Wildman–Crippen LogP) is 1.39. The van der Waals surface area contributed by atoms with Crippen LogP contribution >= 0.6 is 23.5 Å². The van der Waals surface area contributed by atoms with Gasteiger partial charge in [0.2, 0.25) is 5.12 Å². The van der Waals surface area contributed by atoms with E-state index < -0.39 is 13.9 Å². The predicted molar refractivity (Wildman–Crippen MR) is 59.9 cm³/mol. The minimum atomic E-state index is -3.34. The number of carbonyl (C=O) groups is 1. The summed E-state index contributed by atoms with van der Waals surface area (Å²) in [5.74, 6) is 0.602. The van der Waals surface area contributed by atoms with Crippen molar-refractivity contribution >= 4 is 38.5 Å². The van der Waals surface area contributed by atoms with Crippen LogP contribution in [0.15, 0.2) is 0 Å². The largest absolute Gasteiger partial charge is 0.284 e. The van der Waals surface area contributed by atoms with Gasteiger partial charge >= 0.3 is 0 Å². The zero-order chi connectivity index (χ0) is 10.7. The molecule has 13 heavy (non-hydrogen) atoms. The molecule has 1 atom stereocenters. The third-order valence-electron chi connectivity index (χ3n) is 1.74. The van der Waals surface area contributed by atoms with Crippen LogP contribution in [0, 0.1) is 0 Å². The van der Waals surface area contributed by atoms with Crippen molar-refractivity contribution in [2.45, 2.75) is 17.9 Å². The second-order valence-corrected chi connectivity index (χ2v) is 7.72. The standard InChI is InChI=1S/C7H14O3S3/c1-5-12-6(8)7(2,11-3)13(4,9)10/h5H2,1-4H3. The fourth-order valence-electron chi connectivity index (χ4n) is 0.648. The second-order valence-electron chi connectivity index (χ2n) is 2.64. The second kappa shape index (κ2) is 4.70. The Kier molecular flexibility index (Phi) is 4.82.